The molecule has 0 amide bonds. The molecule has 3 nitrogen and oxygen atoms in total. The highest BCUT2D eigenvalue weighted by molar-refractivity contribution is 5.54. The van der Waals surface area contributed by atoms with Gasteiger partial charge in [-0.15, -0.1) is 5.92 Å². The zero-order valence-electron chi connectivity index (χ0n) is 9.26. The monoisotopic (exact) mass is 205 g/mol. The van der Waals surface area contributed by atoms with Crippen molar-refractivity contribution < 1.29 is 9.47 Å². The molecule has 15 heavy (non-hydrogen) atoms. The highest BCUT2D eigenvalue weighted by Gasteiger charge is 2.00. The molecule has 0 radical (unpaired) electrons. The number of anilines is 1. The highest BCUT2D eigenvalue weighted by Crippen LogP contribution is 2.25. The molecule has 0 aliphatic rings. The molecule has 0 saturated carbocycles. The van der Waals surface area contributed by atoms with E-state index in [9.17, 15) is 0 Å². The highest BCUT2D eigenvalue weighted by atomic mass is 16.5. The summed E-state index contributed by atoms with van der Waals surface area (Å²) in [5.74, 6) is 7.28. The lowest BCUT2D eigenvalue weighted by Crippen LogP contribution is -1.99. The van der Waals surface area contributed by atoms with Crippen LogP contribution >= 0.6 is 0 Å². The predicted molar refractivity (Wildman–Crippen MR) is 61.5 cm³/mol. The summed E-state index contributed by atoms with van der Waals surface area (Å²) in [5, 5.41) is 3.16. The van der Waals surface area contributed by atoms with Gasteiger partial charge < -0.3 is 14.8 Å². The Morgan fingerprint density at radius 2 is 1.73 bits per heavy atom. The third-order valence-corrected chi connectivity index (χ3v) is 1.91. The average molecular weight is 205 g/mol. The molecule has 0 atom stereocenters. The Hall–Kier alpha value is -1.82. The zero-order valence-corrected chi connectivity index (χ0v) is 9.26. The van der Waals surface area contributed by atoms with Crippen molar-refractivity contribution in [2.75, 3.05) is 26.1 Å². The molecule has 0 unspecified atom stereocenters. The van der Waals surface area contributed by atoms with Crippen LogP contribution in [0, 0.1) is 11.8 Å². The minimum absolute atomic E-state index is 0.618. The first kappa shape index (κ1) is 11.3. The van der Waals surface area contributed by atoms with Crippen molar-refractivity contribution in [2.24, 2.45) is 0 Å². The molecule has 1 N–H and O–H groups in total. The SMILES string of the molecule is CC#CCNc1cc(OC)cc(OC)c1. The molecule has 3 heteroatoms. The first-order valence-corrected chi connectivity index (χ1v) is 4.66. The molecule has 0 saturated heterocycles. The van der Waals surface area contributed by atoms with E-state index in [0.29, 0.717) is 6.54 Å². The van der Waals surface area contributed by atoms with Crippen molar-refractivity contribution in [3.8, 4) is 23.3 Å². The third kappa shape index (κ3) is 3.43. The normalized spacial score (nSPS) is 8.73. The van der Waals surface area contributed by atoms with Gasteiger partial charge in [-0.05, 0) is 6.92 Å². The first-order chi connectivity index (χ1) is 7.30. The van der Waals surface area contributed by atoms with Crippen molar-refractivity contribution in [2.45, 2.75) is 6.92 Å². The molecular formula is C12H15NO2. The second kappa shape index (κ2) is 5.82. The van der Waals surface area contributed by atoms with Crippen molar-refractivity contribution in [1.29, 1.82) is 0 Å². The van der Waals surface area contributed by atoms with Gasteiger partial charge in [0.2, 0.25) is 0 Å². The molecule has 1 aromatic carbocycles. The smallest absolute Gasteiger partial charge is 0.124 e. The number of benzene rings is 1. The van der Waals surface area contributed by atoms with Gasteiger partial charge in [0, 0.05) is 23.9 Å². The maximum atomic E-state index is 5.15. The van der Waals surface area contributed by atoms with E-state index in [1.54, 1.807) is 14.2 Å². The van der Waals surface area contributed by atoms with Crippen LogP contribution in [0.4, 0.5) is 5.69 Å². The van der Waals surface area contributed by atoms with Gasteiger partial charge in [-0.3, -0.25) is 0 Å². The van der Waals surface area contributed by atoms with Crippen molar-refractivity contribution in [3.63, 3.8) is 0 Å². The van der Waals surface area contributed by atoms with Crippen molar-refractivity contribution >= 4 is 5.69 Å². The molecule has 0 heterocycles. The molecule has 0 aliphatic heterocycles. The fourth-order valence-corrected chi connectivity index (χ4v) is 1.14. The Balaban J connectivity index is 2.80. The van der Waals surface area contributed by atoms with Crippen molar-refractivity contribution in [1.82, 2.24) is 0 Å². The van der Waals surface area contributed by atoms with E-state index in [2.05, 4.69) is 17.2 Å². The van der Waals surface area contributed by atoms with E-state index in [1.165, 1.54) is 0 Å². The van der Waals surface area contributed by atoms with Crippen LogP contribution in [0.5, 0.6) is 11.5 Å². The summed E-state index contributed by atoms with van der Waals surface area (Å²) in [7, 11) is 3.26. The molecule has 0 spiro atoms. The Bertz CT molecular complexity index is 355. The van der Waals surface area contributed by atoms with Gasteiger partial charge in [0.15, 0.2) is 0 Å². The maximum Gasteiger partial charge on any atom is 0.124 e. The van der Waals surface area contributed by atoms with Gasteiger partial charge >= 0.3 is 0 Å². The fraction of sp³-hybridized carbons (Fsp3) is 0.333. The van der Waals surface area contributed by atoms with E-state index in [1.807, 2.05) is 25.1 Å². The van der Waals surface area contributed by atoms with E-state index in [0.717, 1.165) is 17.2 Å². The molecule has 0 fully saturated rings. The topological polar surface area (TPSA) is 30.5 Å². The number of ether oxygens (including phenoxy) is 2. The van der Waals surface area contributed by atoms with Gasteiger partial charge in [0.25, 0.3) is 0 Å². The summed E-state index contributed by atoms with van der Waals surface area (Å²) in [6, 6.07) is 5.64. The number of methoxy groups -OCH3 is 2. The molecular weight excluding hydrogens is 190 g/mol. The van der Waals surface area contributed by atoms with Crippen molar-refractivity contribution in [3.05, 3.63) is 18.2 Å². The van der Waals surface area contributed by atoms with E-state index >= 15 is 0 Å². The first-order valence-electron chi connectivity index (χ1n) is 4.66. The van der Waals surface area contributed by atoms with E-state index in [-0.39, 0.29) is 0 Å². The standard InChI is InChI=1S/C12H15NO2/c1-4-5-6-13-10-7-11(14-2)9-12(8-10)15-3/h7-9,13H,6H2,1-3H3. The van der Waals surface area contributed by atoms with Gasteiger partial charge in [0.1, 0.15) is 11.5 Å². The van der Waals surface area contributed by atoms with Gasteiger partial charge in [-0.1, -0.05) is 5.92 Å². The lowest BCUT2D eigenvalue weighted by atomic mass is 10.2. The Labute approximate surface area is 90.4 Å². The molecule has 80 valence electrons. The second-order valence-corrected chi connectivity index (χ2v) is 2.88. The molecule has 1 rings (SSSR count). The minimum atomic E-state index is 0.618. The second-order valence-electron chi connectivity index (χ2n) is 2.88. The summed E-state index contributed by atoms with van der Waals surface area (Å²) in [4.78, 5) is 0. The predicted octanol–water partition coefficient (Wildman–Crippen LogP) is 2.14. The quantitative estimate of drug-likeness (QED) is 0.764. The average Bonchev–Trinajstić information content (AvgIpc) is 2.29. The zero-order chi connectivity index (χ0) is 11.1. The summed E-state index contributed by atoms with van der Waals surface area (Å²) >= 11 is 0. The Kier molecular flexibility index (Phi) is 4.36. The summed E-state index contributed by atoms with van der Waals surface area (Å²) in [5.41, 5.74) is 0.939. The number of rotatable bonds is 4. The fourth-order valence-electron chi connectivity index (χ4n) is 1.14. The number of hydrogen-bond donors (Lipinski definition) is 1. The van der Waals surface area contributed by atoms with Gasteiger partial charge in [-0.25, -0.2) is 0 Å². The lowest BCUT2D eigenvalue weighted by Gasteiger charge is -2.08. The maximum absolute atomic E-state index is 5.15. The molecule has 0 aliphatic carbocycles. The Morgan fingerprint density at radius 1 is 1.13 bits per heavy atom. The number of nitrogens with one attached hydrogen (secondary N) is 1. The lowest BCUT2D eigenvalue weighted by molar-refractivity contribution is 0.394. The summed E-state index contributed by atoms with van der Waals surface area (Å²) in [6.45, 7) is 2.43. The van der Waals surface area contributed by atoms with Crippen LogP contribution in [0.15, 0.2) is 18.2 Å². The minimum Gasteiger partial charge on any atom is -0.497 e. The van der Waals surface area contributed by atoms with Gasteiger partial charge in [0.05, 0.1) is 20.8 Å². The van der Waals surface area contributed by atoms with Crippen LogP contribution < -0.4 is 14.8 Å². The third-order valence-electron chi connectivity index (χ3n) is 1.91. The van der Waals surface area contributed by atoms with E-state index in [4.69, 9.17) is 9.47 Å². The van der Waals surface area contributed by atoms with Crippen LogP contribution in [-0.2, 0) is 0 Å². The van der Waals surface area contributed by atoms with E-state index < -0.39 is 0 Å². The van der Waals surface area contributed by atoms with Crippen LogP contribution in [0.3, 0.4) is 0 Å². The van der Waals surface area contributed by atoms with Crippen LogP contribution in [0.2, 0.25) is 0 Å². The van der Waals surface area contributed by atoms with Crippen LogP contribution in [0.1, 0.15) is 6.92 Å². The molecule has 1 aromatic rings. The molecule has 0 bridgehead atoms. The summed E-state index contributed by atoms with van der Waals surface area (Å²) < 4.78 is 10.3. The Morgan fingerprint density at radius 3 is 2.20 bits per heavy atom. The molecule has 0 aromatic heterocycles. The van der Waals surface area contributed by atoms with Crippen LogP contribution in [0.25, 0.3) is 0 Å². The van der Waals surface area contributed by atoms with Gasteiger partial charge in [-0.2, -0.15) is 0 Å². The van der Waals surface area contributed by atoms with Crippen LogP contribution in [-0.4, -0.2) is 20.8 Å². The summed E-state index contributed by atoms with van der Waals surface area (Å²) in [6.07, 6.45) is 0. The number of hydrogen-bond acceptors (Lipinski definition) is 3. The largest absolute Gasteiger partial charge is 0.497 e.